The smallest absolute Gasteiger partial charge is 0.275 e. The molecule has 0 spiro atoms. The van der Waals surface area contributed by atoms with E-state index in [4.69, 9.17) is 0 Å². The van der Waals surface area contributed by atoms with Crippen molar-refractivity contribution < 1.29 is 9.59 Å². The number of hydrogen-bond donors (Lipinski definition) is 2. The number of thiazole rings is 1. The maximum atomic E-state index is 12.5. The van der Waals surface area contributed by atoms with E-state index in [2.05, 4.69) is 20.7 Å². The number of rotatable bonds is 7. The first-order valence-electron chi connectivity index (χ1n) is 9.18. The lowest BCUT2D eigenvalue weighted by atomic mass is 10.1. The Balaban J connectivity index is 1.50. The van der Waals surface area contributed by atoms with Gasteiger partial charge in [-0.05, 0) is 24.8 Å². The van der Waals surface area contributed by atoms with Crippen LogP contribution in [0.5, 0.6) is 0 Å². The fraction of sp³-hybridized carbons (Fsp3) is 0.300. The Kier molecular flexibility index (Phi) is 5.21. The summed E-state index contributed by atoms with van der Waals surface area (Å²) in [7, 11) is 1.79. The number of amides is 2. The maximum Gasteiger partial charge on any atom is 0.275 e. The van der Waals surface area contributed by atoms with Gasteiger partial charge in [0.25, 0.3) is 5.91 Å². The summed E-state index contributed by atoms with van der Waals surface area (Å²) in [5, 5.41) is 12.4. The summed E-state index contributed by atoms with van der Waals surface area (Å²) in [6.45, 7) is 0. The number of carbonyl (C=O) groups excluding carboxylic acids is 2. The molecule has 1 aliphatic carbocycles. The SMILES string of the molecule is Cn1cc(NC(=O)c2csc([C@@H](Cc3ccccc3)NC(=O)C3CC3)n2)cn1. The average molecular weight is 395 g/mol. The fourth-order valence-corrected chi connectivity index (χ4v) is 3.77. The number of benzene rings is 1. The number of nitrogens with one attached hydrogen (secondary N) is 2. The second-order valence-corrected chi connectivity index (χ2v) is 7.84. The van der Waals surface area contributed by atoms with Crippen LogP contribution in [-0.2, 0) is 18.3 Å². The molecule has 0 radical (unpaired) electrons. The van der Waals surface area contributed by atoms with Gasteiger partial charge in [-0.3, -0.25) is 14.3 Å². The number of aryl methyl sites for hydroxylation is 1. The molecule has 0 aliphatic heterocycles. The quantitative estimate of drug-likeness (QED) is 0.644. The zero-order valence-corrected chi connectivity index (χ0v) is 16.3. The molecular weight excluding hydrogens is 374 g/mol. The second kappa shape index (κ2) is 7.93. The van der Waals surface area contributed by atoms with Crippen molar-refractivity contribution in [3.8, 4) is 0 Å². The highest BCUT2D eigenvalue weighted by atomic mass is 32.1. The van der Waals surface area contributed by atoms with Gasteiger partial charge in [0, 0.05) is 24.5 Å². The molecule has 2 heterocycles. The monoisotopic (exact) mass is 395 g/mol. The molecule has 28 heavy (non-hydrogen) atoms. The zero-order chi connectivity index (χ0) is 19.5. The summed E-state index contributed by atoms with van der Waals surface area (Å²) >= 11 is 1.39. The van der Waals surface area contributed by atoms with Crippen molar-refractivity contribution in [1.82, 2.24) is 20.1 Å². The van der Waals surface area contributed by atoms with Gasteiger partial charge >= 0.3 is 0 Å². The van der Waals surface area contributed by atoms with Gasteiger partial charge in [0.1, 0.15) is 10.7 Å². The number of aromatic nitrogens is 3. The number of carbonyl (C=O) groups is 2. The van der Waals surface area contributed by atoms with Crippen LogP contribution >= 0.6 is 11.3 Å². The van der Waals surface area contributed by atoms with E-state index >= 15 is 0 Å². The molecule has 2 N–H and O–H groups in total. The molecule has 4 rings (SSSR count). The summed E-state index contributed by atoms with van der Waals surface area (Å²) in [6.07, 6.45) is 5.83. The lowest BCUT2D eigenvalue weighted by molar-refractivity contribution is -0.123. The van der Waals surface area contributed by atoms with Crippen LogP contribution in [0.4, 0.5) is 5.69 Å². The summed E-state index contributed by atoms with van der Waals surface area (Å²) in [6, 6.07) is 9.72. The van der Waals surface area contributed by atoms with E-state index in [1.54, 1.807) is 29.5 Å². The minimum absolute atomic E-state index is 0.0671. The molecule has 1 atom stereocenters. The van der Waals surface area contributed by atoms with Crippen molar-refractivity contribution in [3.05, 3.63) is 64.4 Å². The van der Waals surface area contributed by atoms with E-state index < -0.39 is 0 Å². The van der Waals surface area contributed by atoms with Crippen molar-refractivity contribution >= 4 is 28.8 Å². The average Bonchev–Trinajstić information content (AvgIpc) is 3.29. The second-order valence-electron chi connectivity index (χ2n) is 6.95. The first kappa shape index (κ1) is 18.4. The third-order valence-electron chi connectivity index (χ3n) is 4.56. The van der Waals surface area contributed by atoms with Gasteiger partial charge < -0.3 is 10.6 Å². The predicted octanol–water partition coefficient (Wildman–Crippen LogP) is 2.94. The Morgan fingerprint density at radius 3 is 2.75 bits per heavy atom. The Bertz CT molecular complexity index is 977. The molecule has 0 unspecified atom stereocenters. The topological polar surface area (TPSA) is 88.9 Å². The molecule has 0 saturated heterocycles. The Hall–Kier alpha value is -3.00. The van der Waals surface area contributed by atoms with Crippen molar-refractivity contribution in [1.29, 1.82) is 0 Å². The Morgan fingerprint density at radius 1 is 1.29 bits per heavy atom. The van der Waals surface area contributed by atoms with E-state index in [0.29, 0.717) is 17.8 Å². The minimum Gasteiger partial charge on any atom is -0.346 e. The van der Waals surface area contributed by atoms with Gasteiger partial charge in [-0.15, -0.1) is 11.3 Å². The molecule has 144 valence electrons. The lowest BCUT2D eigenvalue weighted by Crippen LogP contribution is -2.31. The largest absolute Gasteiger partial charge is 0.346 e. The lowest BCUT2D eigenvalue weighted by Gasteiger charge is -2.16. The van der Waals surface area contributed by atoms with Gasteiger partial charge in [-0.2, -0.15) is 5.10 Å². The third-order valence-corrected chi connectivity index (χ3v) is 5.52. The van der Waals surface area contributed by atoms with E-state index in [1.165, 1.54) is 11.3 Å². The summed E-state index contributed by atoms with van der Waals surface area (Å²) in [5.74, 6) is -0.105. The van der Waals surface area contributed by atoms with Crippen LogP contribution in [0.1, 0.15) is 39.9 Å². The van der Waals surface area contributed by atoms with E-state index in [9.17, 15) is 9.59 Å². The number of anilines is 1. The minimum atomic E-state index is -0.289. The first-order valence-corrected chi connectivity index (χ1v) is 10.1. The summed E-state index contributed by atoms with van der Waals surface area (Å²) in [5.41, 5.74) is 2.06. The molecule has 8 heteroatoms. The number of nitrogens with zero attached hydrogens (tertiary/aromatic N) is 3. The molecule has 7 nitrogen and oxygen atoms in total. The van der Waals surface area contributed by atoms with Crippen LogP contribution in [-0.4, -0.2) is 26.6 Å². The molecule has 1 saturated carbocycles. The molecule has 0 bridgehead atoms. The van der Waals surface area contributed by atoms with Crippen molar-refractivity contribution in [2.24, 2.45) is 13.0 Å². The van der Waals surface area contributed by atoms with E-state index in [-0.39, 0.29) is 23.8 Å². The first-order chi connectivity index (χ1) is 13.6. The van der Waals surface area contributed by atoms with Crippen LogP contribution in [0.15, 0.2) is 48.1 Å². The normalized spacial score (nSPS) is 14.5. The van der Waals surface area contributed by atoms with Gasteiger partial charge in [-0.25, -0.2) is 4.98 Å². The van der Waals surface area contributed by atoms with Crippen LogP contribution in [0.25, 0.3) is 0 Å². The van der Waals surface area contributed by atoms with Crippen molar-refractivity contribution in [3.63, 3.8) is 0 Å². The molecule has 3 aromatic rings. The Morgan fingerprint density at radius 2 is 2.07 bits per heavy atom. The number of hydrogen-bond acceptors (Lipinski definition) is 5. The van der Waals surface area contributed by atoms with Gasteiger partial charge in [0.2, 0.25) is 5.91 Å². The van der Waals surface area contributed by atoms with Gasteiger partial charge in [-0.1, -0.05) is 30.3 Å². The summed E-state index contributed by atoms with van der Waals surface area (Å²) < 4.78 is 1.62. The molecule has 1 aliphatic rings. The maximum absolute atomic E-state index is 12.5. The summed E-state index contributed by atoms with van der Waals surface area (Å²) in [4.78, 5) is 29.3. The van der Waals surface area contributed by atoms with E-state index in [0.717, 1.165) is 23.4 Å². The highest BCUT2D eigenvalue weighted by Gasteiger charge is 2.32. The van der Waals surface area contributed by atoms with Crippen LogP contribution < -0.4 is 10.6 Å². The Labute approximate surface area is 166 Å². The van der Waals surface area contributed by atoms with Crippen LogP contribution in [0.3, 0.4) is 0 Å². The van der Waals surface area contributed by atoms with Crippen LogP contribution in [0.2, 0.25) is 0 Å². The van der Waals surface area contributed by atoms with E-state index in [1.807, 2.05) is 30.3 Å². The highest BCUT2D eigenvalue weighted by molar-refractivity contribution is 7.10. The van der Waals surface area contributed by atoms with Crippen LogP contribution in [0, 0.1) is 5.92 Å². The third kappa shape index (κ3) is 4.45. The van der Waals surface area contributed by atoms with Gasteiger partial charge in [0.15, 0.2) is 0 Å². The molecule has 2 aromatic heterocycles. The molecular formula is C20H21N5O2S. The fourth-order valence-electron chi connectivity index (χ4n) is 2.92. The van der Waals surface area contributed by atoms with Crippen molar-refractivity contribution in [2.45, 2.75) is 25.3 Å². The standard InChI is InChI=1S/C20H21N5O2S/c1-25-11-15(10-21-25)22-19(27)17-12-28-20(24-17)16(23-18(26)14-7-8-14)9-13-5-3-2-4-6-13/h2-6,10-12,14,16H,7-9H2,1H3,(H,22,27)(H,23,26)/t16-/m1/s1. The van der Waals surface area contributed by atoms with Crippen molar-refractivity contribution in [2.75, 3.05) is 5.32 Å². The predicted molar refractivity (Wildman–Crippen MR) is 107 cm³/mol. The molecule has 1 aromatic carbocycles. The zero-order valence-electron chi connectivity index (χ0n) is 15.5. The molecule has 2 amide bonds. The molecule has 1 fully saturated rings. The highest BCUT2D eigenvalue weighted by Crippen LogP contribution is 2.31. The van der Waals surface area contributed by atoms with Gasteiger partial charge in [0.05, 0.1) is 17.9 Å².